The van der Waals surface area contributed by atoms with Gasteiger partial charge in [-0.15, -0.1) is 0 Å². The number of nitriles is 1. The van der Waals surface area contributed by atoms with E-state index in [9.17, 15) is 9.59 Å². The van der Waals surface area contributed by atoms with Crippen LogP contribution in [0.2, 0.25) is 0 Å². The molecule has 1 atom stereocenters. The van der Waals surface area contributed by atoms with Gasteiger partial charge in [-0.3, -0.25) is 13.9 Å². The highest BCUT2D eigenvalue weighted by atomic mass is 16.2. The summed E-state index contributed by atoms with van der Waals surface area (Å²) in [6, 6.07) is 12.0. The first-order chi connectivity index (χ1) is 13.2. The molecule has 0 saturated carbocycles. The van der Waals surface area contributed by atoms with E-state index in [0.29, 0.717) is 26.2 Å². The van der Waals surface area contributed by atoms with E-state index in [4.69, 9.17) is 5.26 Å². The van der Waals surface area contributed by atoms with Crippen LogP contribution in [0.5, 0.6) is 0 Å². The SMILES string of the molecule is N#CC1CCCN1C(=O)CNCCn1ccn(CCc2ccccc2)c1=O. The second kappa shape index (κ2) is 9.19. The lowest BCUT2D eigenvalue weighted by atomic mass is 10.1. The predicted octanol–water partition coefficient (Wildman–Crippen LogP) is 0.997. The Balaban J connectivity index is 1.42. The second-order valence-electron chi connectivity index (χ2n) is 6.75. The highest BCUT2D eigenvalue weighted by Gasteiger charge is 2.27. The lowest BCUT2D eigenvalue weighted by Crippen LogP contribution is -2.41. The van der Waals surface area contributed by atoms with Crippen molar-refractivity contribution in [2.45, 2.75) is 38.4 Å². The molecule has 0 aliphatic carbocycles. The molecule has 0 bridgehead atoms. The number of nitrogens with zero attached hydrogens (tertiary/aromatic N) is 4. The maximum atomic E-state index is 12.4. The van der Waals surface area contributed by atoms with Gasteiger partial charge in [-0.1, -0.05) is 30.3 Å². The van der Waals surface area contributed by atoms with Crippen LogP contribution in [-0.2, 0) is 24.3 Å². The van der Waals surface area contributed by atoms with E-state index in [2.05, 4.69) is 23.5 Å². The number of aromatic nitrogens is 2. The zero-order chi connectivity index (χ0) is 19.1. The Morgan fingerprint density at radius 3 is 2.67 bits per heavy atom. The van der Waals surface area contributed by atoms with Crippen LogP contribution >= 0.6 is 0 Å². The molecule has 1 aromatic heterocycles. The van der Waals surface area contributed by atoms with Gasteiger partial charge in [0.25, 0.3) is 0 Å². The zero-order valence-corrected chi connectivity index (χ0v) is 15.4. The summed E-state index contributed by atoms with van der Waals surface area (Å²) < 4.78 is 3.36. The molecule has 3 rings (SSSR count). The Morgan fingerprint density at radius 1 is 1.19 bits per heavy atom. The summed E-state index contributed by atoms with van der Waals surface area (Å²) >= 11 is 0. The molecule has 1 unspecified atom stereocenters. The van der Waals surface area contributed by atoms with Crippen LogP contribution in [0.3, 0.4) is 0 Å². The van der Waals surface area contributed by atoms with E-state index in [1.54, 1.807) is 26.4 Å². The molecular weight excluding hydrogens is 342 g/mol. The predicted molar refractivity (Wildman–Crippen MR) is 102 cm³/mol. The number of rotatable bonds is 8. The van der Waals surface area contributed by atoms with Crippen molar-refractivity contribution in [3.63, 3.8) is 0 Å². The second-order valence-corrected chi connectivity index (χ2v) is 6.75. The first-order valence-electron chi connectivity index (χ1n) is 9.38. The highest BCUT2D eigenvalue weighted by molar-refractivity contribution is 5.79. The van der Waals surface area contributed by atoms with Gasteiger partial charge in [-0.05, 0) is 24.8 Å². The number of carbonyl (C=O) groups excluding carboxylic acids is 1. The first kappa shape index (κ1) is 18.9. The van der Waals surface area contributed by atoms with Gasteiger partial charge in [0.05, 0.1) is 12.6 Å². The summed E-state index contributed by atoms with van der Waals surface area (Å²) in [5.74, 6) is -0.0492. The number of hydrogen-bond donors (Lipinski definition) is 1. The molecule has 142 valence electrons. The minimum absolute atomic E-state index is 0.0388. The molecule has 1 aliphatic rings. The van der Waals surface area contributed by atoms with Gasteiger partial charge in [0.1, 0.15) is 6.04 Å². The Morgan fingerprint density at radius 2 is 1.93 bits per heavy atom. The number of imidazole rings is 1. The molecule has 0 spiro atoms. The molecule has 1 fully saturated rings. The maximum absolute atomic E-state index is 12.4. The van der Waals surface area contributed by atoms with Crippen molar-refractivity contribution < 1.29 is 4.79 Å². The largest absolute Gasteiger partial charge is 0.328 e. The number of likely N-dealkylation sites (tertiary alicyclic amines) is 1. The highest BCUT2D eigenvalue weighted by Crippen LogP contribution is 2.15. The Bertz CT molecular complexity index is 849. The van der Waals surface area contributed by atoms with Crippen molar-refractivity contribution in [2.75, 3.05) is 19.6 Å². The molecule has 1 amide bonds. The molecule has 7 nitrogen and oxygen atoms in total. The summed E-state index contributed by atoms with van der Waals surface area (Å²) in [7, 11) is 0. The molecule has 1 aromatic carbocycles. The van der Waals surface area contributed by atoms with E-state index < -0.39 is 0 Å². The normalized spacial score (nSPS) is 16.4. The topological polar surface area (TPSA) is 83.1 Å². The van der Waals surface area contributed by atoms with Crippen LogP contribution in [0.4, 0.5) is 0 Å². The van der Waals surface area contributed by atoms with Gasteiger partial charge in [0.15, 0.2) is 0 Å². The van der Waals surface area contributed by atoms with Gasteiger partial charge >= 0.3 is 5.69 Å². The Kier molecular flexibility index (Phi) is 6.44. The lowest BCUT2D eigenvalue weighted by molar-refractivity contribution is -0.130. The van der Waals surface area contributed by atoms with Crippen LogP contribution in [0, 0.1) is 11.3 Å². The average molecular weight is 367 g/mol. The third kappa shape index (κ3) is 4.86. The van der Waals surface area contributed by atoms with Crippen LogP contribution in [-0.4, -0.2) is 45.6 Å². The third-order valence-electron chi connectivity index (χ3n) is 4.93. The molecule has 2 aromatic rings. The average Bonchev–Trinajstić information content (AvgIpc) is 3.31. The number of hydrogen-bond acceptors (Lipinski definition) is 4. The van der Waals surface area contributed by atoms with Crippen molar-refractivity contribution in [3.05, 3.63) is 58.8 Å². The molecule has 1 saturated heterocycles. The summed E-state index contributed by atoms with van der Waals surface area (Å²) in [5, 5.41) is 12.1. The van der Waals surface area contributed by atoms with Crippen molar-refractivity contribution in [3.8, 4) is 6.07 Å². The monoisotopic (exact) mass is 367 g/mol. The quantitative estimate of drug-likeness (QED) is 0.706. The van der Waals surface area contributed by atoms with Crippen LogP contribution in [0.15, 0.2) is 47.5 Å². The molecule has 1 aliphatic heterocycles. The van der Waals surface area contributed by atoms with E-state index in [1.165, 1.54) is 5.56 Å². The number of amides is 1. The van der Waals surface area contributed by atoms with Crippen molar-refractivity contribution in [1.29, 1.82) is 5.26 Å². The summed E-state index contributed by atoms with van der Waals surface area (Å²) in [5.41, 5.74) is 1.16. The number of benzene rings is 1. The Labute approximate surface area is 158 Å². The van der Waals surface area contributed by atoms with Gasteiger partial charge in [-0.2, -0.15) is 5.26 Å². The Hall–Kier alpha value is -2.85. The number of aryl methyl sites for hydroxylation is 2. The maximum Gasteiger partial charge on any atom is 0.328 e. The van der Waals surface area contributed by atoms with Gasteiger partial charge in [0.2, 0.25) is 5.91 Å². The lowest BCUT2D eigenvalue weighted by Gasteiger charge is -2.19. The third-order valence-corrected chi connectivity index (χ3v) is 4.93. The number of carbonyl (C=O) groups is 1. The fourth-order valence-electron chi connectivity index (χ4n) is 3.38. The fourth-order valence-corrected chi connectivity index (χ4v) is 3.38. The van der Waals surface area contributed by atoms with E-state index in [1.807, 2.05) is 18.2 Å². The number of nitrogens with one attached hydrogen (secondary N) is 1. The van der Waals surface area contributed by atoms with E-state index in [-0.39, 0.29) is 24.2 Å². The minimum atomic E-state index is -0.291. The van der Waals surface area contributed by atoms with Crippen LogP contribution in [0.1, 0.15) is 18.4 Å². The molecule has 0 radical (unpaired) electrons. The smallest absolute Gasteiger partial charge is 0.326 e. The van der Waals surface area contributed by atoms with E-state index in [0.717, 1.165) is 19.3 Å². The molecular formula is C20H25N5O2. The van der Waals surface area contributed by atoms with Gasteiger partial charge in [-0.25, -0.2) is 4.79 Å². The van der Waals surface area contributed by atoms with Crippen molar-refractivity contribution in [2.24, 2.45) is 0 Å². The fraction of sp³-hybridized carbons (Fsp3) is 0.450. The summed E-state index contributed by atoms with van der Waals surface area (Å²) in [6.07, 6.45) is 6.04. The summed E-state index contributed by atoms with van der Waals surface area (Å²) in [6.45, 7) is 2.53. The van der Waals surface area contributed by atoms with E-state index >= 15 is 0 Å². The van der Waals surface area contributed by atoms with Crippen LogP contribution in [0.25, 0.3) is 0 Å². The van der Waals surface area contributed by atoms with Crippen LogP contribution < -0.4 is 11.0 Å². The van der Waals surface area contributed by atoms with Gasteiger partial charge < -0.3 is 10.2 Å². The first-order valence-corrected chi connectivity index (χ1v) is 9.38. The zero-order valence-electron chi connectivity index (χ0n) is 15.4. The van der Waals surface area contributed by atoms with Gasteiger partial charge in [0, 0.05) is 38.6 Å². The molecule has 1 N–H and O–H groups in total. The van der Waals surface area contributed by atoms with Crippen molar-refractivity contribution >= 4 is 5.91 Å². The van der Waals surface area contributed by atoms with Crippen molar-refractivity contribution in [1.82, 2.24) is 19.4 Å². The minimum Gasteiger partial charge on any atom is -0.326 e. The molecule has 2 heterocycles. The summed E-state index contributed by atoms with van der Waals surface area (Å²) in [4.78, 5) is 26.2. The molecule has 7 heteroatoms. The molecule has 27 heavy (non-hydrogen) atoms. The standard InChI is InChI=1S/C20H25N5O2/c21-15-18-7-4-10-25(18)19(26)16-22-9-12-24-14-13-23(20(24)27)11-8-17-5-2-1-3-6-17/h1-3,5-6,13-14,18,22H,4,7-12,16H2.